The summed E-state index contributed by atoms with van der Waals surface area (Å²) in [5.41, 5.74) is 7.34. The second-order valence-electron chi connectivity index (χ2n) is 6.38. The molecule has 1 nitrogen and oxygen atoms in total. The van der Waals surface area contributed by atoms with Crippen LogP contribution in [-0.2, 0) is 0 Å². The highest BCUT2D eigenvalue weighted by Crippen LogP contribution is 2.45. The number of rotatable bonds is 1. The SMILES string of the molecule is CC1(C)CCC(C2(N)CCCC2)CC1. The number of hydrogen-bond donors (Lipinski definition) is 1. The molecule has 2 fully saturated rings. The van der Waals surface area contributed by atoms with Crippen molar-refractivity contribution >= 4 is 0 Å². The highest BCUT2D eigenvalue weighted by molar-refractivity contribution is 4.97. The predicted molar refractivity (Wildman–Crippen MR) is 61.1 cm³/mol. The zero-order chi connectivity index (χ0) is 10.2. The smallest absolute Gasteiger partial charge is 0.0182 e. The molecule has 0 aromatic rings. The largest absolute Gasteiger partial charge is 0.325 e. The van der Waals surface area contributed by atoms with E-state index in [2.05, 4.69) is 13.8 Å². The van der Waals surface area contributed by atoms with Crippen LogP contribution in [0.3, 0.4) is 0 Å². The monoisotopic (exact) mass is 195 g/mol. The van der Waals surface area contributed by atoms with Crippen LogP contribution in [-0.4, -0.2) is 5.54 Å². The Morgan fingerprint density at radius 1 is 0.929 bits per heavy atom. The third-order valence-electron chi connectivity index (χ3n) is 4.69. The van der Waals surface area contributed by atoms with Gasteiger partial charge in [-0.25, -0.2) is 0 Å². The molecule has 2 aliphatic carbocycles. The fourth-order valence-electron chi connectivity index (χ4n) is 3.42. The van der Waals surface area contributed by atoms with E-state index in [1.807, 2.05) is 0 Å². The molecule has 0 aliphatic heterocycles. The van der Waals surface area contributed by atoms with Gasteiger partial charge in [-0.05, 0) is 49.9 Å². The van der Waals surface area contributed by atoms with Gasteiger partial charge in [0.05, 0.1) is 0 Å². The molecular formula is C13H25N. The lowest BCUT2D eigenvalue weighted by Crippen LogP contribution is -2.46. The van der Waals surface area contributed by atoms with Crippen LogP contribution in [0.4, 0.5) is 0 Å². The Bertz CT molecular complexity index is 191. The second kappa shape index (κ2) is 3.52. The van der Waals surface area contributed by atoms with Crippen molar-refractivity contribution in [2.24, 2.45) is 17.1 Å². The van der Waals surface area contributed by atoms with Gasteiger partial charge in [0.2, 0.25) is 0 Å². The summed E-state index contributed by atoms with van der Waals surface area (Å²) in [6.45, 7) is 4.81. The normalized spacial score (nSPS) is 31.9. The summed E-state index contributed by atoms with van der Waals surface area (Å²) >= 11 is 0. The molecule has 14 heavy (non-hydrogen) atoms. The maximum Gasteiger partial charge on any atom is 0.0182 e. The summed E-state index contributed by atoms with van der Waals surface area (Å²) in [5, 5.41) is 0. The van der Waals surface area contributed by atoms with Gasteiger partial charge in [0.1, 0.15) is 0 Å². The summed E-state index contributed by atoms with van der Waals surface area (Å²) in [7, 11) is 0. The molecule has 0 bridgehead atoms. The highest BCUT2D eigenvalue weighted by atomic mass is 14.8. The molecule has 0 atom stereocenters. The molecule has 1 heteroatoms. The van der Waals surface area contributed by atoms with Crippen LogP contribution in [0.2, 0.25) is 0 Å². The molecule has 0 heterocycles. The molecular weight excluding hydrogens is 170 g/mol. The standard InChI is InChI=1S/C13H25N/c1-12(2)9-5-11(6-10-12)13(14)7-3-4-8-13/h11H,3-10,14H2,1-2H3. The fourth-order valence-corrected chi connectivity index (χ4v) is 3.42. The first-order chi connectivity index (χ1) is 6.52. The van der Waals surface area contributed by atoms with Gasteiger partial charge in [0, 0.05) is 5.54 Å². The van der Waals surface area contributed by atoms with Gasteiger partial charge in [0.25, 0.3) is 0 Å². The Hall–Kier alpha value is -0.0400. The van der Waals surface area contributed by atoms with E-state index in [-0.39, 0.29) is 5.54 Å². The molecule has 0 amide bonds. The van der Waals surface area contributed by atoms with Crippen LogP contribution in [0.1, 0.15) is 65.2 Å². The Balaban J connectivity index is 1.94. The topological polar surface area (TPSA) is 26.0 Å². The van der Waals surface area contributed by atoms with Gasteiger partial charge in [-0.3, -0.25) is 0 Å². The Morgan fingerprint density at radius 2 is 1.43 bits per heavy atom. The average molecular weight is 195 g/mol. The van der Waals surface area contributed by atoms with Gasteiger partial charge >= 0.3 is 0 Å². The third kappa shape index (κ3) is 1.98. The minimum Gasteiger partial charge on any atom is -0.325 e. The molecule has 2 N–H and O–H groups in total. The van der Waals surface area contributed by atoms with Crippen molar-refractivity contribution in [3.63, 3.8) is 0 Å². The minimum absolute atomic E-state index is 0.233. The minimum atomic E-state index is 0.233. The van der Waals surface area contributed by atoms with Crippen molar-refractivity contribution in [2.75, 3.05) is 0 Å². The van der Waals surface area contributed by atoms with E-state index in [1.54, 1.807) is 0 Å². The average Bonchev–Trinajstić information content (AvgIpc) is 2.53. The van der Waals surface area contributed by atoms with E-state index in [0.29, 0.717) is 5.41 Å². The Morgan fingerprint density at radius 3 is 1.93 bits per heavy atom. The Kier molecular flexibility index (Phi) is 2.63. The fraction of sp³-hybridized carbons (Fsp3) is 1.00. The van der Waals surface area contributed by atoms with Crippen LogP contribution < -0.4 is 5.73 Å². The zero-order valence-corrected chi connectivity index (χ0v) is 9.81. The third-order valence-corrected chi connectivity index (χ3v) is 4.69. The first-order valence-electron chi connectivity index (χ1n) is 6.31. The van der Waals surface area contributed by atoms with Gasteiger partial charge in [-0.1, -0.05) is 26.7 Å². The summed E-state index contributed by atoms with van der Waals surface area (Å²) in [6.07, 6.45) is 10.9. The van der Waals surface area contributed by atoms with Crippen LogP contribution in [0, 0.1) is 11.3 Å². The number of hydrogen-bond acceptors (Lipinski definition) is 1. The van der Waals surface area contributed by atoms with Gasteiger partial charge in [0.15, 0.2) is 0 Å². The molecule has 2 saturated carbocycles. The predicted octanol–water partition coefficient (Wildman–Crippen LogP) is 3.47. The first kappa shape index (κ1) is 10.5. The molecule has 2 aliphatic rings. The number of nitrogens with two attached hydrogens (primary N) is 1. The van der Waals surface area contributed by atoms with Crippen LogP contribution >= 0.6 is 0 Å². The van der Waals surface area contributed by atoms with Crippen LogP contribution in [0.25, 0.3) is 0 Å². The lowest BCUT2D eigenvalue weighted by molar-refractivity contribution is 0.131. The second-order valence-corrected chi connectivity index (χ2v) is 6.38. The molecule has 82 valence electrons. The van der Waals surface area contributed by atoms with E-state index < -0.39 is 0 Å². The summed E-state index contributed by atoms with van der Waals surface area (Å²) < 4.78 is 0. The van der Waals surface area contributed by atoms with Crippen molar-refractivity contribution in [2.45, 2.75) is 70.8 Å². The van der Waals surface area contributed by atoms with Crippen molar-refractivity contribution in [3.8, 4) is 0 Å². The molecule has 0 radical (unpaired) electrons. The van der Waals surface area contributed by atoms with E-state index in [1.165, 1.54) is 51.4 Å². The van der Waals surface area contributed by atoms with Crippen LogP contribution in [0.15, 0.2) is 0 Å². The van der Waals surface area contributed by atoms with Crippen molar-refractivity contribution in [1.29, 1.82) is 0 Å². The summed E-state index contributed by atoms with van der Waals surface area (Å²) in [4.78, 5) is 0. The molecule has 2 rings (SSSR count). The Labute approximate surface area is 88.4 Å². The van der Waals surface area contributed by atoms with Gasteiger partial charge < -0.3 is 5.73 Å². The molecule has 0 aromatic carbocycles. The van der Waals surface area contributed by atoms with Gasteiger partial charge in [-0.2, -0.15) is 0 Å². The summed E-state index contributed by atoms with van der Waals surface area (Å²) in [6, 6.07) is 0. The maximum absolute atomic E-state index is 6.52. The van der Waals surface area contributed by atoms with Crippen LogP contribution in [0.5, 0.6) is 0 Å². The van der Waals surface area contributed by atoms with E-state index >= 15 is 0 Å². The maximum atomic E-state index is 6.52. The van der Waals surface area contributed by atoms with Crippen molar-refractivity contribution < 1.29 is 0 Å². The zero-order valence-electron chi connectivity index (χ0n) is 9.81. The molecule has 0 aromatic heterocycles. The van der Waals surface area contributed by atoms with Gasteiger partial charge in [-0.15, -0.1) is 0 Å². The quantitative estimate of drug-likeness (QED) is 0.681. The van der Waals surface area contributed by atoms with Crippen molar-refractivity contribution in [3.05, 3.63) is 0 Å². The molecule has 0 unspecified atom stereocenters. The first-order valence-corrected chi connectivity index (χ1v) is 6.31. The van der Waals surface area contributed by atoms with E-state index in [4.69, 9.17) is 5.73 Å². The summed E-state index contributed by atoms with van der Waals surface area (Å²) in [5.74, 6) is 0.832. The lowest BCUT2D eigenvalue weighted by atomic mass is 9.66. The molecule has 0 spiro atoms. The van der Waals surface area contributed by atoms with E-state index in [0.717, 1.165) is 5.92 Å². The van der Waals surface area contributed by atoms with Crippen molar-refractivity contribution in [1.82, 2.24) is 0 Å². The van der Waals surface area contributed by atoms with E-state index in [9.17, 15) is 0 Å². The highest BCUT2D eigenvalue weighted by Gasteiger charge is 2.40. The lowest BCUT2D eigenvalue weighted by Gasteiger charge is -2.42. The molecule has 0 saturated heterocycles.